The molecule has 0 aromatic carbocycles. The van der Waals surface area contributed by atoms with Crippen LogP contribution in [0.1, 0.15) is 38.9 Å². The Labute approximate surface area is 180 Å². The van der Waals surface area contributed by atoms with Crippen LogP contribution in [0.2, 0.25) is 0 Å². The number of hydrogen-bond acceptors (Lipinski definition) is 8. The fraction of sp³-hybridized carbons (Fsp3) is 0.500. The molecule has 1 fully saturated rings. The van der Waals surface area contributed by atoms with Gasteiger partial charge in [0, 0.05) is 37.4 Å². The highest BCUT2D eigenvalue weighted by Crippen LogP contribution is 2.43. The molecule has 1 unspecified atom stereocenters. The minimum absolute atomic E-state index is 0.236. The molecular formula is C22H26N8O. The van der Waals surface area contributed by atoms with E-state index in [-0.39, 0.29) is 11.4 Å². The van der Waals surface area contributed by atoms with Gasteiger partial charge in [-0.1, -0.05) is 12.2 Å². The van der Waals surface area contributed by atoms with Crippen molar-refractivity contribution in [1.82, 2.24) is 29.5 Å². The van der Waals surface area contributed by atoms with E-state index in [0.29, 0.717) is 12.4 Å². The summed E-state index contributed by atoms with van der Waals surface area (Å²) in [5, 5.41) is 0. The SMILES string of the molecule is CC1(C)OCCn2c1nc1c(N3CCC4(C=CCC4)C3)nc(-c3cnc(N)nc3)nc12. The zero-order valence-corrected chi connectivity index (χ0v) is 17.9. The maximum Gasteiger partial charge on any atom is 0.219 e. The Bertz CT molecular complexity index is 1200. The van der Waals surface area contributed by atoms with Crippen LogP contribution in [0.15, 0.2) is 24.5 Å². The highest BCUT2D eigenvalue weighted by atomic mass is 16.5. The molecule has 0 saturated carbocycles. The molecule has 3 aromatic heterocycles. The van der Waals surface area contributed by atoms with Crippen molar-refractivity contribution in [3.05, 3.63) is 30.4 Å². The van der Waals surface area contributed by atoms with Gasteiger partial charge in [0.15, 0.2) is 22.8 Å². The first-order valence-electron chi connectivity index (χ1n) is 10.9. The monoisotopic (exact) mass is 418 g/mol. The first-order chi connectivity index (χ1) is 14.9. The third-order valence-electron chi connectivity index (χ3n) is 6.79. The lowest BCUT2D eigenvalue weighted by molar-refractivity contribution is -0.0530. The Kier molecular flexibility index (Phi) is 3.89. The Morgan fingerprint density at radius 2 is 1.90 bits per heavy atom. The smallest absolute Gasteiger partial charge is 0.219 e. The van der Waals surface area contributed by atoms with Crippen molar-refractivity contribution >= 4 is 22.9 Å². The first-order valence-corrected chi connectivity index (χ1v) is 10.9. The van der Waals surface area contributed by atoms with E-state index in [4.69, 9.17) is 25.4 Å². The van der Waals surface area contributed by atoms with Gasteiger partial charge in [-0.25, -0.2) is 24.9 Å². The average Bonchev–Trinajstić information content (AvgIpc) is 3.48. The Morgan fingerprint density at radius 3 is 2.68 bits per heavy atom. The molecule has 31 heavy (non-hydrogen) atoms. The molecule has 9 heteroatoms. The van der Waals surface area contributed by atoms with Crippen LogP contribution in [0.25, 0.3) is 22.6 Å². The number of nitrogen functional groups attached to an aromatic ring is 1. The molecule has 1 spiro atoms. The van der Waals surface area contributed by atoms with E-state index in [2.05, 4.69) is 45.4 Å². The molecule has 3 aromatic rings. The molecule has 1 aliphatic carbocycles. The number of allylic oxidation sites excluding steroid dienone is 1. The molecule has 1 saturated heterocycles. The summed E-state index contributed by atoms with van der Waals surface area (Å²) in [6, 6.07) is 0. The van der Waals surface area contributed by atoms with E-state index in [1.165, 1.54) is 6.42 Å². The van der Waals surface area contributed by atoms with Crippen molar-refractivity contribution in [2.75, 3.05) is 30.3 Å². The molecule has 160 valence electrons. The van der Waals surface area contributed by atoms with E-state index in [1.807, 2.05) is 0 Å². The molecule has 1 atom stereocenters. The van der Waals surface area contributed by atoms with Crippen LogP contribution < -0.4 is 10.6 Å². The van der Waals surface area contributed by atoms with E-state index >= 15 is 0 Å². The lowest BCUT2D eigenvalue weighted by atomic mass is 9.87. The second-order valence-electron chi connectivity index (χ2n) is 9.29. The Morgan fingerprint density at radius 1 is 1.06 bits per heavy atom. The Balaban J connectivity index is 1.54. The van der Waals surface area contributed by atoms with Gasteiger partial charge in [0.05, 0.1) is 12.2 Å². The van der Waals surface area contributed by atoms with Crippen LogP contribution in [-0.4, -0.2) is 49.2 Å². The van der Waals surface area contributed by atoms with Gasteiger partial charge in [-0.3, -0.25) is 0 Å². The second-order valence-corrected chi connectivity index (χ2v) is 9.29. The summed E-state index contributed by atoms with van der Waals surface area (Å²) < 4.78 is 8.18. The van der Waals surface area contributed by atoms with Crippen LogP contribution in [0.4, 0.5) is 11.8 Å². The van der Waals surface area contributed by atoms with Gasteiger partial charge in [-0.2, -0.15) is 0 Å². The summed E-state index contributed by atoms with van der Waals surface area (Å²) in [5.41, 5.74) is 7.90. The number of nitrogens with zero attached hydrogens (tertiary/aromatic N) is 7. The maximum atomic E-state index is 6.00. The molecule has 0 amide bonds. The molecule has 0 radical (unpaired) electrons. The third kappa shape index (κ3) is 2.90. The van der Waals surface area contributed by atoms with Crippen LogP contribution in [0.3, 0.4) is 0 Å². The predicted molar refractivity (Wildman–Crippen MR) is 117 cm³/mol. The number of rotatable bonds is 2. The molecule has 9 nitrogen and oxygen atoms in total. The van der Waals surface area contributed by atoms with Crippen LogP contribution in [0.5, 0.6) is 0 Å². The molecule has 3 aliphatic rings. The van der Waals surface area contributed by atoms with Gasteiger partial charge in [-0.05, 0) is 33.1 Å². The van der Waals surface area contributed by atoms with Crippen molar-refractivity contribution in [2.45, 2.75) is 45.3 Å². The summed E-state index contributed by atoms with van der Waals surface area (Å²) in [6.45, 7) is 7.37. The number of ether oxygens (including phenoxy) is 1. The van der Waals surface area contributed by atoms with Gasteiger partial charge < -0.3 is 19.9 Å². The minimum atomic E-state index is -0.471. The zero-order valence-electron chi connectivity index (χ0n) is 17.9. The summed E-state index contributed by atoms with van der Waals surface area (Å²) in [5.74, 6) is 2.61. The number of nitrogens with two attached hydrogens (primary N) is 1. The van der Waals surface area contributed by atoms with E-state index in [1.54, 1.807) is 12.4 Å². The topological polar surface area (TPSA) is 108 Å². The van der Waals surface area contributed by atoms with Crippen LogP contribution in [0, 0.1) is 5.41 Å². The second kappa shape index (κ2) is 6.46. The molecule has 0 bridgehead atoms. The van der Waals surface area contributed by atoms with Gasteiger partial charge in [0.25, 0.3) is 0 Å². The van der Waals surface area contributed by atoms with Crippen molar-refractivity contribution < 1.29 is 4.74 Å². The predicted octanol–water partition coefficient (Wildman–Crippen LogP) is 2.68. The summed E-state index contributed by atoms with van der Waals surface area (Å²) in [7, 11) is 0. The highest BCUT2D eigenvalue weighted by molar-refractivity contribution is 5.86. The van der Waals surface area contributed by atoms with Crippen LogP contribution in [-0.2, 0) is 16.9 Å². The summed E-state index contributed by atoms with van der Waals surface area (Å²) >= 11 is 0. The van der Waals surface area contributed by atoms with Gasteiger partial charge in [-0.15, -0.1) is 0 Å². The first kappa shape index (κ1) is 18.7. The van der Waals surface area contributed by atoms with Crippen molar-refractivity contribution in [3.63, 3.8) is 0 Å². The molecule has 5 heterocycles. The molecule has 6 rings (SSSR count). The largest absolute Gasteiger partial charge is 0.368 e. The van der Waals surface area contributed by atoms with Gasteiger partial charge >= 0.3 is 0 Å². The fourth-order valence-corrected chi connectivity index (χ4v) is 5.12. The van der Waals surface area contributed by atoms with Crippen molar-refractivity contribution in [3.8, 4) is 11.4 Å². The van der Waals surface area contributed by atoms with E-state index in [0.717, 1.165) is 60.8 Å². The van der Waals surface area contributed by atoms with Gasteiger partial charge in [0.1, 0.15) is 11.4 Å². The quantitative estimate of drug-likeness (QED) is 0.633. The number of aromatic nitrogens is 6. The molecular weight excluding hydrogens is 392 g/mol. The number of imidazole rings is 1. The number of anilines is 2. The lowest BCUT2D eigenvalue weighted by Crippen LogP contribution is -2.33. The minimum Gasteiger partial charge on any atom is -0.368 e. The summed E-state index contributed by atoms with van der Waals surface area (Å²) in [4.78, 5) is 25.6. The fourth-order valence-electron chi connectivity index (χ4n) is 5.12. The number of fused-ring (bicyclic) bond motifs is 3. The maximum absolute atomic E-state index is 6.00. The van der Waals surface area contributed by atoms with E-state index < -0.39 is 5.60 Å². The van der Waals surface area contributed by atoms with Crippen molar-refractivity contribution in [1.29, 1.82) is 0 Å². The highest BCUT2D eigenvalue weighted by Gasteiger charge is 2.40. The molecule has 2 aliphatic heterocycles. The Hall–Kier alpha value is -3.07. The van der Waals surface area contributed by atoms with Crippen LogP contribution >= 0.6 is 0 Å². The van der Waals surface area contributed by atoms with Gasteiger partial charge in [0.2, 0.25) is 5.95 Å². The lowest BCUT2D eigenvalue weighted by Gasteiger charge is -2.30. The van der Waals surface area contributed by atoms with Crippen molar-refractivity contribution in [2.24, 2.45) is 5.41 Å². The average molecular weight is 419 g/mol. The standard InChI is InChI=1S/C22H26N8O/c1-21(2)19-26-15-17(29-8-7-22(13-29)5-3-4-6-22)27-16(14-11-24-20(23)25-12-14)28-18(15)30(19)9-10-31-21/h3,5,11-12H,4,6-10,13H2,1-2H3,(H2,23,24,25). The normalized spacial score (nSPS) is 24.4. The van der Waals surface area contributed by atoms with E-state index in [9.17, 15) is 0 Å². The molecule has 2 N–H and O–H groups in total. The summed E-state index contributed by atoms with van der Waals surface area (Å²) in [6.07, 6.45) is 11.6. The number of hydrogen-bond donors (Lipinski definition) is 1. The zero-order chi connectivity index (χ0) is 21.2. The third-order valence-corrected chi connectivity index (χ3v) is 6.79.